The van der Waals surface area contributed by atoms with Crippen LogP contribution in [0.1, 0.15) is 0 Å². The lowest BCUT2D eigenvalue weighted by Gasteiger charge is -2.09. The highest BCUT2D eigenvalue weighted by molar-refractivity contribution is 7.25. The highest BCUT2D eigenvalue weighted by Gasteiger charge is 2.14. The molecule has 2 heterocycles. The van der Waals surface area contributed by atoms with Gasteiger partial charge in [-0.25, -0.2) is 15.0 Å². The van der Waals surface area contributed by atoms with Gasteiger partial charge in [0, 0.05) is 41.9 Å². The number of hydrogen-bond acceptors (Lipinski definition) is 4. The zero-order valence-electron chi connectivity index (χ0n) is 16.9. The lowest BCUT2D eigenvalue weighted by atomic mass is 10.1. The van der Waals surface area contributed by atoms with Gasteiger partial charge in [0.15, 0.2) is 17.5 Å². The predicted molar refractivity (Wildman–Crippen MR) is 134 cm³/mol. The summed E-state index contributed by atoms with van der Waals surface area (Å²) in [6.45, 7) is 0. The molecule has 6 rings (SSSR count). The van der Waals surface area contributed by atoms with Crippen molar-refractivity contribution in [3.63, 3.8) is 0 Å². The Bertz CT molecular complexity index is 1590. The van der Waals surface area contributed by atoms with Crippen molar-refractivity contribution in [2.75, 3.05) is 0 Å². The molecule has 0 saturated heterocycles. The molecule has 2 aromatic heterocycles. The summed E-state index contributed by atoms with van der Waals surface area (Å²) < 4.78 is 2.53. The van der Waals surface area contributed by atoms with E-state index in [0.717, 1.165) is 16.7 Å². The molecule has 4 aromatic carbocycles. The van der Waals surface area contributed by atoms with Gasteiger partial charge in [0.25, 0.3) is 0 Å². The molecule has 0 bridgehead atoms. The maximum absolute atomic E-state index is 6.25. The standard InChI is InChI=1S/C27H16ClN3S/c28-20-10-6-9-18(15-20)26-29-25(17-7-2-1-3-8-17)30-27(31-26)19-13-14-24-22(16-19)21-11-4-5-12-23(21)32-24/h1-16H. The first-order valence-corrected chi connectivity index (χ1v) is 11.4. The number of hydrogen-bond donors (Lipinski definition) is 0. The van der Waals surface area contributed by atoms with Crippen LogP contribution in [0.5, 0.6) is 0 Å². The van der Waals surface area contributed by atoms with E-state index in [-0.39, 0.29) is 0 Å². The van der Waals surface area contributed by atoms with Crippen LogP contribution in [0.15, 0.2) is 97.1 Å². The van der Waals surface area contributed by atoms with Crippen LogP contribution in [-0.2, 0) is 0 Å². The second-order valence-electron chi connectivity index (χ2n) is 7.49. The average molecular weight is 450 g/mol. The van der Waals surface area contributed by atoms with Gasteiger partial charge < -0.3 is 0 Å². The molecule has 0 N–H and O–H groups in total. The predicted octanol–water partition coefficient (Wildman–Crippen LogP) is 7.89. The molecule has 0 unspecified atom stereocenters. The van der Waals surface area contributed by atoms with E-state index in [0.29, 0.717) is 22.5 Å². The highest BCUT2D eigenvalue weighted by Crippen LogP contribution is 2.36. The van der Waals surface area contributed by atoms with Crippen molar-refractivity contribution in [1.29, 1.82) is 0 Å². The van der Waals surface area contributed by atoms with E-state index in [1.165, 1.54) is 20.2 Å². The molecule has 3 nitrogen and oxygen atoms in total. The molecule has 0 aliphatic rings. The summed E-state index contributed by atoms with van der Waals surface area (Å²) in [5, 5.41) is 3.12. The van der Waals surface area contributed by atoms with Gasteiger partial charge in [-0.05, 0) is 36.4 Å². The third-order valence-corrected chi connectivity index (χ3v) is 6.77. The molecule has 0 atom stereocenters. The Balaban J connectivity index is 1.58. The van der Waals surface area contributed by atoms with E-state index in [4.69, 9.17) is 26.6 Å². The van der Waals surface area contributed by atoms with Crippen molar-refractivity contribution in [3.05, 3.63) is 102 Å². The molecule has 32 heavy (non-hydrogen) atoms. The summed E-state index contributed by atoms with van der Waals surface area (Å²) in [6.07, 6.45) is 0. The number of thiophene rings is 1. The van der Waals surface area contributed by atoms with Crippen molar-refractivity contribution in [3.8, 4) is 34.2 Å². The topological polar surface area (TPSA) is 38.7 Å². The molecule has 0 spiro atoms. The molecule has 0 aliphatic carbocycles. The summed E-state index contributed by atoms with van der Waals surface area (Å²) in [5.41, 5.74) is 2.77. The van der Waals surface area contributed by atoms with Crippen LogP contribution < -0.4 is 0 Å². The van der Waals surface area contributed by atoms with Crippen molar-refractivity contribution < 1.29 is 0 Å². The van der Waals surface area contributed by atoms with E-state index < -0.39 is 0 Å². The molecule has 0 radical (unpaired) electrons. The molecule has 0 amide bonds. The second kappa shape index (κ2) is 7.83. The largest absolute Gasteiger partial charge is 0.208 e. The van der Waals surface area contributed by atoms with Gasteiger partial charge in [0.2, 0.25) is 0 Å². The minimum atomic E-state index is 0.603. The number of rotatable bonds is 3. The molecule has 0 saturated carbocycles. The van der Waals surface area contributed by atoms with Crippen molar-refractivity contribution in [2.24, 2.45) is 0 Å². The summed E-state index contributed by atoms with van der Waals surface area (Å²) in [7, 11) is 0. The van der Waals surface area contributed by atoms with E-state index in [1.54, 1.807) is 11.3 Å². The second-order valence-corrected chi connectivity index (χ2v) is 9.01. The fourth-order valence-corrected chi connectivity index (χ4v) is 5.12. The van der Waals surface area contributed by atoms with Crippen molar-refractivity contribution in [2.45, 2.75) is 0 Å². The van der Waals surface area contributed by atoms with E-state index >= 15 is 0 Å². The zero-order chi connectivity index (χ0) is 21.5. The third-order valence-electron chi connectivity index (χ3n) is 5.39. The lowest BCUT2D eigenvalue weighted by molar-refractivity contribution is 1.07. The minimum Gasteiger partial charge on any atom is -0.208 e. The molecule has 152 valence electrons. The van der Waals surface area contributed by atoms with Crippen LogP contribution in [-0.4, -0.2) is 15.0 Å². The number of halogens is 1. The quantitative estimate of drug-likeness (QED) is 0.275. The van der Waals surface area contributed by atoms with Crippen molar-refractivity contribution in [1.82, 2.24) is 15.0 Å². The zero-order valence-corrected chi connectivity index (χ0v) is 18.4. The first kappa shape index (κ1) is 19.1. The smallest absolute Gasteiger partial charge is 0.164 e. The Hall–Kier alpha value is -3.60. The molecule has 0 aliphatic heterocycles. The summed E-state index contributed by atoms with van der Waals surface area (Å²) in [4.78, 5) is 14.4. The number of aromatic nitrogens is 3. The van der Waals surface area contributed by atoms with Gasteiger partial charge in [0.05, 0.1) is 0 Å². The van der Waals surface area contributed by atoms with Gasteiger partial charge in [-0.3, -0.25) is 0 Å². The molecule has 5 heteroatoms. The van der Waals surface area contributed by atoms with Gasteiger partial charge in [-0.2, -0.15) is 0 Å². The molecule has 6 aromatic rings. The van der Waals surface area contributed by atoms with Crippen LogP contribution in [0.4, 0.5) is 0 Å². The van der Waals surface area contributed by atoms with Crippen LogP contribution in [0.25, 0.3) is 54.3 Å². The normalized spacial score (nSPS) is 11.3. The average Bonchev–Trinajstić information content (AvgIpc) is 3.22. The Morgan fingerprint density at radius 3 is 1.91 bits per heavy atom. The molecular formula is C27H16ClN3S. The van der Waals surface area contributed by atoms with Gasteiger partial charge in [-0.1, -0.05) is 72.3 Å². The summed E-state index contributed by atoms with van der Waals surface area (Å²) in [6, 6.07) is 32.5. The Labute approximate surface area is 194 Å². The van der Waals surface area contributed by atoms with Crippen LogP contribution in [0, 0.1) is 0 Å². The first-order valence-electron chi connectivity index (χ1n) is 10.2. The Morgan fingerprint density at radius 2 is 1.12 bits per heavy atom. The van der Waals surface area contributed by atoms with Crippen LogP contribution >= 0.6 is 22.9 Å². The van der Waals surface area contributed by atoms with E-state index in [1.807, 2.05) is 54.6 Å². The first-order chi connectivity index (χ1) is 15.7. The highest BCUT2D eigenvalue weighted by atomic mass is 35.5. The van der Waals surface area contributed by atoms with Crippen LogP contribution in [0.2, 0.25) is 5.02 Å². The molecular weight excluding hydrogens is 434 g/mol. The van der Waals surface area contributed by atoms with E-state index in [2.05, 4.69) is 42.5 Å². The number of fused-ring (bicyclic) bond motifs is 3. The third kappa shape index (κ3) is 3.44. The summed E-state index contributed by atoms with van der Waals surface area (Å²) in [5.74, 6) is 1.89. The van der Waals surface area contributed by atoms with Gasteiger partial charge in [-0.15, -0.1) is 11.3 Å². The lowest BCUT2D eigenvalue weighted by Crippen LogP contribution is -2.00. The SMILES string of the molecule is Clc1cccc(-c2nc(-c3ccccc3)nc(-c3ccc4sc5ccccc5c4c3)n2)c1. The fourth-order valence-electron chi connectivity index (χ4n) is 3.84. The summed E-state index contributed by atoms with van der Waals surface area (Å²) >= 11 is 8.05. The maximum Gasteiger partial charge on any atom is 0.164 e. The van der Waals surface area contributed by atoms with E-state index in [9.17, 15) is 0 Å². The Morgan fingerprint density at radius 1 is 0.500 bits per heavy atom. The minimum absolute atomic E-state index is 0.603. The van der Waals surface area contributed by atoms with Crippen LogP contribution in [0.3, 0.4) is 0 Å². The Kier molecular flexibility index (Phi) is 4.67. The number of nitrogens with zero attached hydrogens (tertiary/aromatic N) is 3. The molecule has 0 fully saturated rings. The number of benzene rings is 4. The maximum atomic E-state index is 6.25. The fraction of sp³-hybridized carbons (Fsp3) is 0. The van der Waals surface area contributed by atoms with Gasteiger partial charge in [0.1, 0.15) is 0 Å². The van der Waals surface area contributed by atoms with Crippen molar-refractivity contribution >= 4 is 43.1 Å². The van der Waals surface area contributed by atoms with Gasteiger partial charge >= 0.3 is 0 Å². The monoisotopic (exact) mass is 449 g/mol.